The summed E-state index contributed by atoms with van der Waals surface area (Å²) in [5.41, 5.74) is 0. The Labute approximate surface area is 147 Å². The van der Waals surface area contributed by atoms with Crippen LogP contribution in [0.25, 0.3) is 0 Å². The summed E-state index contributed by atoms with van der Waals surface area (Å²) in [4.78, 5) is 14.1. The van der Waals surface area contributed by atoms with E-state index in [1.54, 1.807) is 4.90 Å². The third-order valence-electron chi connectivity index (χ3n) is 4.81. The number of carbonyl (C=O) groups excluding carboxylic acids is 1. The zero-order chi connectivity index (χ0) is 18.0. The van der Waals surface area contributed by atoms with Crippen LogP contribution >= 0.6 is 0 Å². The van der Waals surface area contributed by atoms with Crippen LogP contribution in [0.5, 0.6) is 0 Å². The highest BCUT2D eigenvalue weighted by atomic mass is 32.2. The topological polar surface area (TPSA) is 66.9 Å². The van der Waals surface area contributed by atoms with Gasteiger partial charge < -0.3 is 9.64 Å². The first kappa shape index (κ1) is 18.3. The van der Waals surface area contributed by atoms with Gasteiger partial charge in [0.1, 0.15) is 10.7 Å². The average Bonchev–Trinajstić information content (AvgIpc) is 2.61. The first-order valence-electron chi connectivity index (χ1n) is 8.54. The molecule has 0 radical (unpaired) electrons. The number of sulfonamides is 1. The van der Waals surface area contributed by atoms with Crippen LogP contribution in [0.1, 0.15) is 19.8 Å². The summed E-state index contributed by atoms with van der Waals surface area (Å²) in [5.74, 6) is -0.863. The number of benzene rings is 1. The van der Waals surface area contributed by atoms with Crippen LogP contribution in [-0.4, -0.2) is 62.4 Å². The van der Waals surface area contributed by atoms with Crippen molar-refractivity contribution >= 4 is 15.9 Å². The molecule has 0 N–H and O–H groups in total. The highest BCUT2D eigenvalue weighted by Gasteiger charge is 2.35. The molecule has 1 unspecified atom stereocenters. The van der Waals surface area contributed by atoms with Gasteiger partial charge in [0.25, 0.3) is 0 Å². The summed E-state index contributed by atoms with van der Waals surface area (Å²) >= 11 is 0. The second kappa shape index (κ2) is 7.39. The molecule has 2 saturated heterocycles. The molecule has 0 aromatic heterocycles. The molecule has 2 aliphatic heterocycles. The van der Waals surface area contributed by atoms with Crippen LogP contribution in [0.4, 0.5) is 4.39 Å². The molecule has 3 rings (SSSR count). The van der Waals surface area contributed by atoms with Crippen LogP contribution in [0.2, 0.25) is 0 Å². The van der Waals surface area contributed by atoms with Gasteiger partial charge in [-0.3, -0.25) is 4.79 Å². The molecule has 1 amide bonds. The molecule has 25 heavy (non-hydrogen) atoms. The van der Waals surface area contributed by atoms with E-state index in [-0.39, 0.29) is 35.9 Å². The number of carbonyl (C=O) groups is 1. The van der Waals surface area contributed by atoms with Crippen molar-refractivity contribution in [3.05, 3.63) is 30.1 Å². The summed E-state index contributed by atoms with van der Waals surface area (Å²) in [6, 6.07) is 5.38. The van der Waals surface area contributed by atoms with Crippen molar-refractivity contribution in [3.63, 3.8) is 0 Å². The fourth-order valence-corrected chi connectivity index (χ4v) is 4.95. The molecule has 0 aliphatic carbocycles. The Kier molecular flexibility index (Phi) is 5.41. The number of morpholine rings is 1. The van der Waals surface area contributed by atoms with Crippen molar-refractivity contribution in [2.75, 3.05) is 32.8 Å². The Morgan fingerprint density at radius 1 is 1.20 bits per heavy atom. The van der Waals surface area contributed by atoms with Gasteiger partial charge in [0.2, 0.25) is 15.9 Å². The minimum Gasteiger partial charge on any atom is -0.375 e. The Hall–Kier alpha value is -1.51. The minimum absolute atomic E-state index is 0.0271. The number of nitrogens with zero attached hydrogens (tertiary/aromatic N) is 2. The van der Waals surface area contributed by atoms with Crippen LogP contribution < -0.4 is 0 Å². The normalized spacial score (nSPS) is 23.6. The van der Waals surface area contributed by atoms with Crippen LogP contribution in [-0.2, 0) is 19.6 Å². The van der Waals surface area contributed by atoms with E-state index < -0.39 is 15.8 Å². The van der Waals surface area contributed by atoms with Crippen LogP contribution in [0.3, 0.4) is 0 Å². The maximum absolute atomic E-state index is 13.8. The molecule has 6 nitrogen and oxygen atoms in total. The molecule has 1 aromatic rings. The predicted octanol–water partition coefficient (Wildman–Crippen LogP) is 1.47. The summed E-state index contributed by atoms with van der Waals surface area (Å²) in [6.45, 7) is 4.08. The van der Waals surface area contributed by atoms with E-state index in [1.165, 1.54) is 22.5 Å². The number of halogens is 1. The van der Waals surface area contributed by atoms with Gasteiger partial charge in [-0.05, 0) is 31.9 Å². The maximum Gasteiger partial charge on any atom is 0.245 e. The summed E-state index contributed by atoms with van der Waals surface area (Å²) < 4.78 is 45.8. The zero-order valence-corrected chi connectivity index (χ0v) is 15.0. The SMILES string of the molecule is CC1CN(C(=O)C2CCN(S(=O)(=O)c3ccccc3F)CC2)CCO1. The standard InChI is InChI=1S/C17H23FN2O4S/c1-13-12-19(10-11-24-13)17(21)14-6-8-20(9-7-14)25(22,23)16-5-3-2-4-15(16)18/h2-5,13-14H,6-12H2,1H3. The smallest absolute Gasteiger partial charge is 0.245 e. The Morgan fingerprint density at radius 2 is 1.88 bits per heavy atom. The van der Waals surface area contributed by atoms with Crippen molar-refractivity contribution in [3.8, 4) is 0 Å². The van der Waals surface area contributed by atoms with Gasteiger partial charge in [-0.1, -0.05) is 12.1 Å². The van der Waals surface area contributed by atoms with Gasteiger partial charge in [-0.2, -0.15) is 4.31 Å². The predicted molar refractivity (Wildman–Crippen MR) is 89.9 cm³/mol. The molecule has 8 heteroatoms. The molecule has 0 spiro atoms. The third kappa shape index (κ3) is 3.86. The summed E-state index contributed by atoms with van der Waals surface area (Å²) in [6.07, 6.45) is 0.940. The maximum atomic E-state index is 13.8. The minimum atomic E-state index is -3.86. The van der Waals surface area contributed by atoms with Crippen molar-refractivity contribution in [2.24, 2.45) is 5.92 Å². The van der Waals surface area contributed by atoms with E-state index in [0.29, 0.717) is 32.5 Å². The quantitative estimate of drug-likeness (QED) is 0.808. The fourth-order valence-electron chi connectivity index (χ4n) is 3.41. The van der Waals surface area contributed by atoms with E-state index in [4.69, 9.17) is 4.74 Å². The number of ether oxygens (including phenoxy) is 1. The van der Waals surface area contributed by atoms with Crippen molar-refractivity contribution in [2.45, 2.75) is 30.8 Å². The first-order chi connectivity index (χ1) is 11.9. The lowest BCUT2D eigenvalue weighted by atomic mass is 9.96. The Balaban J connectivity index is 1.64. The molecule has 1 aromatic carbocycles. The lowest BCUT2D eigenvalue weighted by Crippen LogP contribution is -2.49. The van der Waals surface area contributed by atoms with Crippen LogP contribution in [0, 0.1) is 11.7 Å². The number of rotatable bonds is 3. The largest absolute Gasteiger partial charge is 0.375 e. The molecule has 2 aliphatic rings. The molecule has 2 heterocycles. The second-order valence-corrected chi connectivity index (χ2v) is 8.48. The van der Waals surface area contributed by atoms with Gasteiger partial charge in [-0.25, -0.2) is 12.8 Å². The van der Waals surface area contributed by atoms with E-state index in [2.05, 4.69) is 0 Å². The third-order valence-corrected chi connectivity index (χ3v) is 6.74. The molecular formula is C17H23FN2O4S. The van der Waals surface area contributed by atoms with Gasteiger partial charge in [0, 0.05) is 32.1 Å². The van der Waals surface area contributed by atoms with Crippen molar-refractivity contribution < 1.29 is 22.3 Å². The molecular weight excluding hydrogens is 347 g/mol. The van der Waals surface area contributed by atoms with E-state index >= 15 is 0 Å². The number of piperidine rings is 1. The van der Waals surface area contributed by atoms with Gasteiger partial charge in [-0.15, -0.1) is 0 Å². The number of hydrogen-bond acceptors (Lipinski definition) is 4. The van der Waals surface area contributed by atoms with E-state index in [9.17, 15) is 17.6 Å². The second-order valence-electron chi connectivity index (χ2n) is 6.57. The number of hydrogen-bond donors (Lipinski definition) is 0. The van der Waals surface area contributed by atoms with E-state index in [1.807, 2.05) is 6.92 Å². The van der Waals surface area contributed by atoms with Crippen molar-refractivity contribution in [1.29, 1.82) is 0 Å². The fraction of sp³-hybridized carbons (Fsp3) is 0.588. The highest BCUT2D eigenvalue weighted by Crippen LogP contribution is 2.26. The zero-order valence-electron chi connectivity index (χ0n) is 14.2. The molecule has 1 atom stereocenters. The average molecular weight is 370 g/mol. The molecule has 0 saturated carbocycles. The molecule has 0 bridgehead atoms. The van der Waals surface area contributed by atoms with E-state index in [0.717, 1.165) is 6.07 Å². The lowest BCUT2D eigenvalue weighted by molar-refractivity contribution is -0.143. The Morgan fingerprint density at radius 3 is 2.52 bits per heavy atom. The van der Waals surface area contributed by atoms with Gasteiger partial charge in [0.05, 0.1) is 12.7 Å². The van der Waals surface area contributed by atoms with Crippen molar-refractivity contribution in [1.82, 2.24) is 9.21 Å². The van der Waals surface area contributed by atoms with Gasteiger partial charge >= 0.3 is 0 Å². The monoisotopic (exact) mass is 370 g/mol. The first-order valence-corrected chi connectivity index (χ1v) is 9.98. The number of amides is 1. The van der Waals surface area contributed by atoms with Crippen LogP contribution in [0.15, 0.2) is 29.2 Å². The van der Waals surface area contributed by atoms with Gasteiger partial charge in [0.15, 0.2) is 0 Å². The highest BCUT2D eigenvalue weighted by molar-refractivity contribution is 7.89. The lowest BCUT2D eigenvalue weighted by Gasteiger charge is -2.36. The molecule has 2 fully saturated rings. The summed E-state index contributed by atoms with van der Waals surface area (Å²) in [7, 11) is -3.86. The molecule has 138 valence electrons. The summed E-state index contributed by atoms with van der Waals surface area (Å²) in [5, 5.41) is 0. The Bertz CT molecular complexity index is 732.